The molecule has 1 aliphatic rings. The zero-order valence-electron chi connectivity index (χ0n) is 8.43. The van der Waals surface area contributed by atoms with E-state index in [-0.39, 0.29) is 5.97 Å². The molecule has 0 saturated heterocycles. The number of hydrogen-bond donors (Lipinski definition) is 0. The van der Waals surface area contributed by atoms with E-state index in [2.05, 4.69) is 11.9 Å². The Morgan fingerprint density at radius 3 is 2.47 bits per heavy atom. The van der Waals surface area contributed by atoms with Crippen molar-refractivity contribution >= 4 is 17.6 Å². The fraction of sp³-hybridized carbons (Fsp3) is 0.167. The van der Waals surface area contributed by atoms with Crippen LogP contribution in [0.15, 0.2) is 41.4 Å². The lowest BCUT2D eigenvalue weighted by atomic mass is 10.1. The molecule has 0 spiro atoms. The first-order valence-electron chi connectivity index (χ1n) is 4.85. The van der Waals surface area contributed by atoms with Crippen LogP contribution in [-0.4, -0.2) is 11.9 Å². The summed E-state index contributed by atoms with van der Waals surface area (Å²) in [7, 11) is 0. The molecule has 0 fully saturated rings. The standard InChI is InChI=1S/C12H11NO2/c1-2-9-3-5-10(6-4-9)13-11-7-8-12(14)15-11/h3-8H,2H2,1H3. The molecule has 15 heavy (non-hydrogen) atoms. The molecule has 0 radical (unpaired) electrons. The van der Waals surface area contributed by atoms with Crippen LogP contribution in [0.4, 0.5) is 5.69 Å². The molecular formula is C12H11NO2. The second-order valence-electron chi connectivity index (χ2n) is 3.22. The number of cyclic esters (lactones) is 1. The summed E-state index contributed by atoms with van der Waals surface area (Å²) in [5.74, 6) is -0.0109. The van der Waals surface area contributed by atoms with Gasteiger partial charge in [-0.05, 0) is 24.1 Å². The molecule has 0 saturated carbocycles. The molecule has 0 bridgehead atoms. The quantitative estimate of drug-likeness (QED) is 0.689. The molecule has 0 N–H and O–H groups in total. The number of rotatable bonds is 2. The van der Waals surface area contributed by atoms with E-state index in [1.54, 1.807) is 6.08 Å². The summed E-state index contributed by atoms with van der Waals surface area (Å²) < 4.78 is 4.82. The smallest absolute Gasteiger partial charge is 0.337 e. The molecule has 1 heterocycles. The molecule has 0 amide bonds. The van der Waals surface area contributed by atoms with E-state index >= 15 is 0 Å². The Bertz CT molecular complexity index is 429. The van der Waals surface area contributed by atoms with Gasteiger partial charge in [-0.2, -0.15) is 0 Å². The van der Waals surface area contributed by atoms with Gasteiger partial charge in [0.2, 0.25) is 5.90 Å². The second-order valence-corrected chi connectivity index (χ2v) is 3.22. The molecule has 1 aromatic carbocycles. The van der Waals surface area contributed by atoms with E-state index in [1.165, 1.54) is 11.6 Å². The Labute approximate surface area is 88.1 Å². The topological polar surface area (TPSA) is 38.7 Å². The summed E-state index contributed by atoms with van der Waals surface area (Å²) in [6.07, 6.45) is 3.93. The number of carbonyl (C=O) groups excluding carboxylic acids is 1. The van der Waals surface area contributed by atoms with Gasteiger partial charge in [0.05, 0.1) is 5.69 Å². The van der Waals surface area contributed by atoms with Gasteiger partial charge in [-0.1, -0.05) is 19.1 Å². The molecule has 1 aliphatic heterocycles. The average molecular weight is 201 g/mol. The molecular weight excluding hydrogens is 190 g/mol. The van der Waals surface area contributed by atoms with Crippen LogP contribution in [0.1, 0.15) is 12.5 Å². The monoisotopic (exact) mass is 201 g/mol. The van der Waals surface area contributed by atoms with Gasteiger partial charge in [-0.3, -0.25) is 0 Å². The zero-order valence-corrected chi connectivity index (χ0v) is 8.43. The van der Waals surface area contributed by atoms with Crippen LogP contribution in [-0.2, 0) is 16.0 Å². The first-order chi connectivity index (χ1) is 7.28. The minimum Gasteiger partial charge on any atom is -0.404 e. The van der Waals surface area contributed by atoms with Gasteiger partial charge in [-0.15, -0.1) is 0 Å². The Hall–Kier alpha value is -1.90. The number of esters is 1. The molecule has 76 valence electrons. The number of benzene rings is 1. The van der Waals surface area contributed by atoms with Gasteiger partial charge in [0.25, 0.3) is 0 Å². The first kappa shape index (κ1) is 9.65. The third-order valence-electron chi connectivity index (χ3n) is 2.15. The summed E-state index contributed by atoms with van der Waals surface area (Å²) >= 11 is 0. The number of hydrogen-bond acceptors (Lipinski definition) is 3. The van der Waals surface area contributed by atoms with Crippen molar-refractivity contribution in [2.45, 2.75) is 13.3 Å². The molecule has 3 heteroatoms. The van der Waals surface area contributed by atoms with Crippen molar-refractivity contribution in [1.29, 1.82) is 0 Å². The van der Waals surface area contributed by atoms with Gasteiger partial charge in [0.1, 0.15) is 0 Å². The maximum atomic E-state index is 10.8. The molecule has 0 atom stereocenters. The predicted octanol–water partition coefficient (Wildman–Crippen LogP) is 2.39. The van der Waals surface area contributed by atoms with E-state index in [9.17, 15) is 4.79 Å². The Morgan fingerprint density at radius 2 is 1.93 bits per heavy atom. The summed E-state index contributed by atoms with van der Waals surface area (Å²) in [5, 5.41) is 0. The van der Waals surface area contributed by atoms with Crippen molar-refractivity contribution < 1.29 is 9.53 Å². The maximum absolute atomic E-state index is 10.8. The van der Waals surface area contributed by atoms with Crippen molar-refractivity contribution in [2.24, 2.45) is 4.99 Å². The fourth-order valence-corrected chi connectivity index (χ4v) is 1.30. The summed E-state index contributed by atoms with van der Waals surface area (Å²) in [5.41, 5.74) is 2.06. The van der Waals surface area contributed by atoms with Gasteiger partial charge in [-0.25, -0.2) is 9.79 Å². The van der Waals surface area contributed by atoms with Gasteiger partial charge < -0.3 is 4.74 Å². The summed E-state index contributed by atoms with van der Waals surface area (Å²) in [6.45, 7) is 2.10. The van der Waals surface area contributed by atoms with Crippen LogP contribution in [0.2, 0.25) is 0 Å². The molecule has 0 unspecified atom stereocenters. The van der Waals surface area contributed by atoms with Crippen LogP contribution in [0.3, 0.4) is 0 Å². The van der Waals surface area contributed by atoms with Crippen molar-refractivity contribution in [2.75, 3.05) is 0 Å². The second kappa shape index (κ2) is 4.09. The van der Waals surface area contributed by atoms with E-state index in [0.29, 0.717) is 5.90 Å². The van der Waals surface area contributed by atoms with Gasteiger partial charge in [0, 0.05) is 12.2 Å². The lowest BCUT2D eigenvalue weighted by Crippen LogP contribution is -1.98. The third-order valence-corrected chi connectivity index (χ3v) is 2.15. The van der Waals surface area contributed by atoms with Gasteiger partial charge in [0.15, 0.2) is 0 Å². The van der Waals surface area contributed by atoms with E-state index in [1.807, 2.05) is 24.3 Å². The highest BCUT2D eigenvalue weighted by atomic mass is 16.5. The van der Waals surface area contributed by atoms with Crippen LogP contribution < -0.4 is 0 Å². The normalized spacial score (nSPS) is 17.1. The summed E-state index contributed by atoms with van der Waals surface area (Å²) in [6, 6.07) is 7.84. The van der Waals surface area contributed by atoms with Crippen LogP contribution in [0.5, 0.6) is 0 Å². The Kier molecular flexibility index (Phi) is 2.63. The molecule has 0 aliphatic carbocycles. The highest BCUT2D eigenvalue weighted by Gasteiger charge is 2.10. The van der Waals surface area contributed by atoms with E-state index in [0.717, 1.165) is 12.1 Å². The van der Waals surface area contributed by atoms with Gasteiger partial charge >= 0.3 is 5.97 Å². The number of aryl methyl sites for hydroxylation is 1. The van der Waals surface area contributed by atoms with Crippen LogP contribution in [0, 0.1) is 0 Å². The van der Waals surface area contributed by atoms with Crippen molar-refractivity contribution in [3.63, 3.8) is 0 Å². The van der Waals surface area contributed by atoms with E-state index < -0.39 is 0 Å². The molecule has 3 nitrogen and oxygen atoms in total. The molecule has 2 rings (SSSR count). The Balaban J connectivity index is 2.17. The highest BCUT2D eigenvalue weighted by molar-refractivity contribution is 6.08. The summed E-state index contributed by atoms with van der Waals surface area (Å²) in [4.78, 5) is 14.9. The van der Waals surface area contributed by atoms with Crippen molar-refractivity contribution in [3.05, 3.63) is 42.0 Å². The SMILES string of the molecule is CCc1ccc(N=C2C=CC(=O)O2)cc1. The minimum atomic E-state index is -0.362. The number of ether oxygens (including phenoxy) is 1. The minimum absolute atomic E-state index is 0.351. The first-order valence-corrected chi connectivity index (χ1v) is 4.85. The lowest BCUT2D eigenvalue weighted by Gasteiger charge is -1.98. The molecule has 0 aromatic heterocycles. The van der Waals surface area contributed by atoms with E-state index in [4.69, 9.17) is 4.74 Å². The number of nitrogens with zero attached hydrogens (tertiary/aromatic N) is 1. The largest absolute Gasteiger partial charge is 0.404 e. The lowest BCUT2D eigenvalue weighted by molar-refractivity contribution is -0.129. The molecule has 1 aromatic rings. The van der Waals surface area contributed by atoms with Crippen molar-refractivity contribution in [1.82, 2.24) is 0 Å². The zero-order chi connectivity index (χ0) is 10.7. The average Bonchev–Trinajstić information content (AvgIpc) is 2.65. The fourth-order valence-electron chi connectivity index (χ4n) is 1.30. The van der Waals surface area contributed by atoms with Crippen LogP contribution in [0.25, 0.3) is 0 Å². The maximum Gasteiger partial charge on any atom is 0.337 e. The van der Waals surface area contributed by atoms with Crippen LogP contribution >= 0.6 is 0 Å². The Morgan fingerprint density at radius 1 is 1.20 bits per heavy atom. The third kappa shape index (κ3) is 2.31. The van der Waals surface area contributed by atoms with Crippen molar-refractivity contribution in [3.8, 4) is 0 Å². The number of aliphatic imine (C=N–C) groups is 1. The predicted molar refractivity (Wildman–Crippen MR) is 58.1 cm³/mol. The highest BCUT2D eigenvalue weighted by Crippen LogP contribution is 2.15. The number of carbonyl (C=O) groups is 1.